The number of amides is 1. The van der Waals surface area contributed by atoms with Crippen molar-refractivity contribution in [1.82, 2.24) is 9.21 Å². The zero-order chi connectivity index (χ0) is 14.8. The van der Waals surface area contributed by atoms with Crippen LogP contribution in [0.3, 0.4) is 0 Å². The van der Waals surface area contributed by atoms with E-state index < -0.39 is 10.0 Å². The van der Waals surface area contributed by atoms with Gasteiger partial charge in [0.05, 0.1) is 0 Å². The molecule has 1 aromatic heterocycles. The molecule has 2 rings (SSSR count). The van der Waals surface area contributed by atoms with Crippen LogP contribution < -0.4 is 0 Å². The van der Waals surface area contributed by atoms with E-state index in [9.17, 15) is 13.2 Å². The average molecular weight is 318 g/mol. The normalized spacial score (nSPS) is 17.4. The Morgan fingerprint density at radius 1 is 1.30 bits per heavy atom. The number of sulfonamides is 1. The molecule has 0 unspecified atom stereocenters. The Bertz CT molecular complexity index is 574. The van der Waals surface area contributed by atoms with E-state index in [0.717, 1.165) is 4.88 Å². The summed E-state index contributed by atoms with van der Waals surface area (Å²) >= 11 is 1.27. The van der Waals surface area contributed by atoms with Crippen LogP contribution in [0.25, 0.3) is 0 Å². The van der Waals surface area contributed by atoms with E-state index in [0.29, 0.717) is 30.4 Å². The fourth-order valence-corrected chi connectivity index (χ4v) is 4.93. The van der Waals surface area contributed by atoms with Gasteiger partial charge in [0.15, 0.2) is 0 Å². The van der Waals surface area contributed by atoms with Gasteiger partial charge in [0.1, 0.15) is 10.8 Å². The summed E-state index contributed by atoms with van der Waals surface area (Å²) in [5.41, 5.74) is 0. The Kier molecular flexibility index (Phi) is 4.79. The lowest BCUT2D eigenvalue weighted by Crippen LogP contribution is -2.51. The summed E-state index contributed by atoms with van der Waals surface area (Å²) in [4.78, 5) is 14.3. The van der Waals surface area contributed by atoms with Crippen LogP contribution in [0.2, 0.25) is 0 Å². The van der Waals surface area contributed by atoms with Gasteiger partial charge in [-0.15, -0.1) is 11.3 Å². The number of hydrogen-bond donors (Lipinski definition) is 0. The number of rotatable bonds is 4. The minimum Gasteiger partial charge on any atom is -0.375 e. The molecular formula is C12H18N2O4S2. The van der Waals surface area contributed by atoms with E-state index in [4.69, 9.17) is 4.74 Å². The van der Waals surface area contributed by atoms with Gasteiger partial charge < -0.3 is 9.64 Å². The molecule has 0 aliphatic carbocycles. The van der Waals surface area contributed by atoms with Crippen molar-refractivity contribution in [2.45, 2.75) is 11.1 Å². The van der Waals surface area contributed by atoms with Crippen LogP contribution >= 0.6 is 11.3 Å². The molecule has 1 aliphatic heterocycles. The van der Waals surface area contributed by atoms with Crippen molar-refractivity contribution in [2.75, 3.05) is 39.9 Å². The summed E-state index contributed by atoms with van der Waals surface area (Å²) in [5, 5.41) is 0. The van der Waals surface area contributed by atoms with Gasteiger partial charge >= 0.3 is 0 Å². The Labute approximate surface area is 123 Å². The second kappa shape index (κ2) is 6.21. The molecule has 20 heavy (non-hydrogen) atoms. The number of piperazine rings is 1. The van der Waals surface area contributed by atoms with Gasteiger partial charge in [-0.2, -0.15) is 4.31 Å². The summed E-state index contributed by atoms with van der Waals surface area (Å²) in [6.07, 6.45) is 0. The van der Waals surface area contributed by atoms with Crippen molar-refractivity contribution in [1.29, 1.82) is 0 Å². The fraction of sp³-hybridized carbons (Fsp3) is 0.583. The molecule has 1 saturated heterocycles. The highest BCUT2D eigenvalue weighted by Gasteiger charge is 2.30. The summed E-state index contributed by atoms with van der Waals surface area (Å²) in [6, 6.07) is 3.44. The van der Waals surface area contributed by atoms with Crippen molar-refractivity contribution >= 4 is 27.3 Å². The van der Waals surface area contributed by atoms with Crippen molar-refractivity contribution in [3.63, 3.8) is 0 Å². The number of carbonyl (C=O) groups is 1. The van der Waals surface area contributed by atoms with Gasteiger partial charge in [-0.25, -0.2) is 8.42 Å². The molecule has 1 aliphatic rings. The highest BCUT2D eigenvalue weighted by atomic mass is 32.2. The van der Waals surface area contributed by atoms with Crippen LogP contribution in [0.1, 0.15) is 4.88 Å². The quantitative estimate of drug-likeness (QED) is 0.812. The first kappa shape index (κ1) is 15.4. The van der Waals surface area contributed by atoms with E-state index in [-0.39, 0.29) is 12.5 Å². The van der Waals surface area contributed by atoms with E-state index in [1.807, 2.05) is 6.92 Å². The van der Waals surface area contributed by atoms with Crippen LogP contribution in [0.4, 0.5) is 0 Å². The highest BCUT2D eigenvalue weighted by Crippen LogP contribution is 2.25. The number of hydrogen-bond acceptors (Lipinski definition) is 5. The molecule has 0 atom stereocenters. The second-order valence-corrected chi connectivity index (χ2v) is 8.04. The molecule has 8 heteroatoms. The van der Waals surface area contributed by atoms with Gasteiger partial charge in [0.25, 0.3) is 10.0 Å². The first-order valence-electron chi connectivity index (χ1n) is 6.28. The number of aryl methyl sites for hydroxylation is 1. The summed E-state index contributed by atoms with van der Waals surface area (Å²) < 4.78 is 31.4. The summed E-state index contributed by atoms with van der Waals surface area (Å²) in [6.45, 7) is 3.39. The smallest absolute Gasteiger partial charge is 0.252 e. The first-order valence-corrected chi connectivity index (χ1v) is 8.54. The Morgan fingerprint density at radius 3 is 2.45 bits per heavy atom. The SMILES string of the molecule is COCC(=O)N1CCN(S(=O)(=O)c2ccc(C)s2)CC1. The van der Waals surface area contributed by atoms with Crippen molar-refractivity contribution in [2.24, 2.45) is 0 Å². The number of thiophene rings is 1. The molecule has 1 fully saturated rings. The third-order valence-corrected chi connectivity index (χ3v) is 6.54. The second-order valence-electron chi connectivity index (χ2n) is 4.58. The van der Waals surface area contributed by atoms with Crippen molar-refractivity contribution in [3.8, 4) is 0 Å². The van der Waals surface area contributed by atoms with Crippen molar-refractivity contribution in [3.05, 3.63) is 17.0 Å². The zero-order valence-electron chi connectivity index (χ0n) is 11.5. The zero-order valence-corrected chi connectivity index (χ0v) is 13.2. The minimum atomic E-state index is -3.42. The first-order chi connectivity index (χ1) is 9.45. The average Bonchev–Trinajstić information content (AvgIpc) is 2.86. The molecular weight excluding hydrogens is 300 g/mol. The lowest BCUT2D eigenvalue weighted by Gasteiger charge is -2.33. The minimum absolute atomic E-state index is 0.0386. The van der Waals surface area contributed by atoms with Gasteiger partial charge in [0.2, 0.25) is 5.91 Å². The topological polar surface area (TPSA) is 66.9 Å². The molecule has 0 bridgehead atoms. The molecule has 0 saturated carbocycles. The standard InChI is InChI=1S/C12H18N2O4S2/c1-10-3-4-12(19-10)20(16,17)14-7-5-13(6-8-14)11(15)9-18-2/h3-4H,5-9H2,1-2H3. The molecule has 6 nitrogen and oxygen atoms in total. The lowest BCUT2D eigenvalue weighted by atomic mass is 10.3. The van der Waals surface area contributed by atoms with Gasteiger partial charge in [-0.3, -0.25) is 4.79 Å². The van der Waals surface area contributed by atoms with Crippen LogP contribution in [-0.2, 0) is 19.6 Å². The van der Waals surface area contributed by atoms with Crippen LogP contribution in [0.15, 0.2) is 16.3 Å². The van der Waals surface area contributed by atoms with Gasteiger partial charge in [-0.1, -0.05) is 0 Å². The van der Waals surface area contributed by atoms with E-state index >= 15 is 0 Å². The molecule has 1 aromatic rings. The molecule has 0 radical (unpaired) electrons. The number of ether oxygens (including phenoxy) is 1. The Morgan fingerprint density at radius 2 is 1.95 bits per heavy atom. The summed E-state index contributed by atoms with van der Waals surface area (Å²) in [5.74, 6) is -0.100. The van der Waals surface area contributed by atoms with Crippen LogP contribution in [0, 0.1) is 6.92 Å². The Balaban J connectivity index is 2.02. The van der Waals surface area contributed by atoms with Crippen LogP contribution in [0.5, 0.6) is 0 Å². The number of carbonyl (C=O) groups excluding carboxylic acids is 1. The molecule has 112 valence electrons. The highest BCUT2D eigenvalue weighted by molar-refractivity contribution is 7.91. The van der Waals surface area contributed by atoms with E-state index in [2.05, 4.69) is 0 Å². The molecule has 0 aromatic carbocycles. The molecule has 0 spiro atoms. The number of methoxy groups -OCH3 is 1. The monoisotopic (exact) mass is 318 g/mol. The largest absolute Gasteiger partial charge is 0.375 e. The Hall–Kier alpha value is -0.960. The predicted molar refractivity (Wildman–Crippen MR) is 76.3 cm³/mol. The van der Waals surface area contributed by atoms with Crippen LogP contribution in [-0.4, -0.2) is 63.4 Å². The van der Waals surface area contributed by atoms with E-state index in [1.165, 1.54) is 22.8 Å². The summed E-state index contributed by atoms with van der Waals surface area (Å²) in [7, 11) is -1.95. The number of nitrogens with zero attached hydrogens (tertiary/aromatic N) is 2. The maximum atomic E-state index is 12.4. The third kappa shape index (κ3) is 3.20. The molecule has 1 amide bonds. The van der Waals surface area contributed by atoms with Crippen molar-refractivity contribution < 1.29 is 17.9 Å². The third-order valence-electron chi connectivity index (χ3n) is 3.17. The maximum Gasteiger partial charge on any atom is 0.252 e. The lowest BCUT2D eigenvalue weighted by molar-refractivity contribution is -0.136. The predicted octanol–water partition coefficient (Wildman–Crippen LogP) is 0.536. The van der Waals surface area contributed by atoms with Gasteiger partial charge in [-0.05, 0) is 19.1 Å². The molecule has 2 heterocycles. The van der Waals surface area contributed by atoms with E-state index in [1.54, 1.807) is 17.0 Å². The fourth-order valence-electron chi connectivity index (χ4n) is 2.07. The molecule has 0 N–H and O–H groups in total. The maximum absolute atomic E-state index is 12.4. The van der Waals surface area contributed by atoms with Gasteiger partial charge in [0, 0.05) is 38.2 Å².